The molecule has 1 aromatic carbocycles. The first-order valence-electron chi connectivity index (χ1n) is 6.98. The van der Waals surface area contributed by atoms with E-state index in [4.69, 9.17) is 0 Å². The molecule has 0 atom stereocenters. The number of aromatic carboxylic acids is 1. The molecule has 1 saturated heterocycles. The maximum absolute atomic E-state index is 10.9. The second kappa shape index (κ2) is 5.59. The minimum Gasteiger partial charge on any atom is -0.550 e. The van der Waals surface area contributed by atoms with Crippen LogP contribution in [0.25, 0.3) is 10.9 Å². The molecule has 0 unspecified atom stereocenters. The molecule has 22 heavy (non-hydrogen) atoms. The van der Waals surface area contributed by atoms with E-state index in [9.17, 15) is 19.8 Å². The molecule has 0 aliphatic carbocycles. The summed E-state index contributed by atoms with van der Waals surface area (Å²) in [5.41, 5.74) is 0.585. The third-order valence-electron chi connectivity index (χ3n) is 3.98. The highest BCUT2D eigenvalue weighted by Crippen LogP contribution is 2.27. The third kappa shape index (κ3) is 2.57. The molecule has 1 fully saturated rings. The lowest BCUT2D eigenvalue weighted by Crippen LogP contribution is -2.41. The van der Waals surface area contributed by atoms with Crippen LogP contribution >= 0.6 is 0 Å². The van der Waals surface area contributed by atoms with Gasteiger partial charge in [-0.25, -0.2) is 9.97 Å². The van der Waals surface area contributed by atoms with Crippen molar-refractivity contribution >= 4 is 28.7 Å². The summed E-state index contributed by atoms with van der Waals surface area (Å²) < 4.78 is 0. The Labute approximate surface area is 126 Å². The van der Waals surface area contributed by atoms with Crippen molar-refractivity contribution < 1.29 is 19.8 Å². The lowest BCUT2D eigenvalue weighted by Gasteiger charge is -2.33. The van der Waals surface area contributed by atoms with Crippen LogP contribution in [0, 0.1) is 5.92 Å². The summed E-state index contributed by atoms with van der Waals surface area (Å²) in [6.45, 7) is 1.12. The highest BCUT2D eigenvalue weighted by atomic mass is 16.4. The summed E-state index contributed by atoms with van der Waals surface area (Å²) in [6.07, 6.45) is 2.39. The maximum atomic E-state index is 10.9. The molecule has 1 aromatic heterocycles. The predicted octanol–water partition coefficient (Wildman–Crippen LogP) is -1.04. The first kappa shape index (κ1) is 14.2. The number of fused-ring (bicyclic) bond motifs is 1. The van der Waals surface area contributed by atoms with Gasteiger partial charge in [-0.05, 0) is 30.5 Å². The van der Waals surface area contributed by atoms with Gasteiger partial charge in [-0.3, -0.25) is 0 Å². The molecule has 0 radical (unpaired) electrons. The van der Waals surface area contributed by atoms with Crippen molar-refractivity contribution in [2.45, 2.75) is 12.8 Å². The smallest absolute Gasteiger partial charge is 0.139 e. The van der Waals surface area contributed by atoms with Crippen LogP contribution in [0.3, 0.4) is 0 Å². The summed E-state index contributed by atoms with van der Waals surface area (Å²) in [7, 11) is 0. The average Bonchev–Trinajstić information content (AvgIpc) is 2.53. The SMILES string of the molecule is O=C([O-])c1ccc2c(N3CCC(C(=O)[O-])CC3)ncnc2c1. The lowest BCUT2D eigenvalue weighted by atomic mass is 9.97. The Balaban J connectivity index is 1.91. The number of anilines is 1. The van der Waals surface area contributed by atoms with Gasteiger partial charge in [-0.15, -0.1) is 0 Å². The fraction of sp³-hybridized carbons (Fsp3) is 0.333. The van der Waals surface area contributed by atoms with Crippen molar-refractivity contribution in [3.05, 3.63) is 30.1 Å². The van der Waals surface area contributed by atoms with Gasteiger partial charge in [0, 0.05) is 30.4 Å². The molecule has 1 aliphatic rings. The summed E-state index contributed by atoms with van der Waals surface area (Å²) in [6, 6.07) is 4.56. The predicted molar refractivity (Wildman–Crippen MR) is 73.8 cm³/mol. The summed E-state index contributed by atoms with van der Waals surface area (Å²) >= 11 is 0. The van der Waals surface area contributed by atoms with Crippen molar-refractivity contribution in [2.24, 2.45) is 5.92 Å². The van der Waals surface area contributed by atoms with Crippen molar-refractivity contribution in [1.29, 1.82) is 0 Å². The number of aromatic nitrogens is 2. The van der Waals surface area contributed by atoms with Crippen molar-refractivity contribution in [3.63, 3.8) is 0 Å². The molecule has 0 bridgehead atoms. The molecule has 114 valence electrons. The van der Waals surface area contributed by atoms with Gasteiger partial charge in [0.1, 0.15) is 12.1 Å². The number of piperidine rings is 1. The highest BCUT2D eigenvalue weighted by Gasteiger charge is 2.22. The largest absolute Gasteiger partial charge is 0.550 e. The van der Waals surface area contributed by atoms with Crippen molar-refractivity contribution in [3.8, 4) is 0 Å². The minimum atomic E-state index is -1.25. The summed E-state index contributed by atoms with van der Waals surface area (Å²) in [4.78, 5) is 32.1. The van der Waals surface area contributed by atoms with E-state index in [0.29, 0.717) is 37.3 Å². The van der Waals surface area contributed by atoms with Gasteiger partial charge in [0.25, 0.3) is 0 Å². The van der Waals surface area contributed by atoms with E-state index in [1.165, 1.54) is 18.5 Å². The van der Waals surface area contributed by atoms with E-state index in [-0.39, 0.29) is 5.56 Å². The zero-order valence-electron chi connectivity index (χ0n) is 11.7. The Morgan fingerprint density at radius 2 is 1.86 bits per heavy atom. The number of hydrogen-bond acceptors (Lipinski definition) is 7. The molecule has 7 nitrogen and oxygen atoms in total. The van der Waals surface area contributed by atoms with E-state index in [0.717, 1.165) is 5.39 Å². The number of rotatable bonds is 3. The molecule has 1 aliphatic heterocycles. The Morgan fingerprint density at radius 3 is 2.50 bits per heavy atom. The number of benzene rings is 1. The Morgan fingerprint density at radius 1 is 1.14 bits per heavy atom. The second-order valence-electron chi connectivity index (χ2n) is 5.30. The van der Waals surface area contributed by atoms with Crippen LogP contribution in [-0.4, -0.2) is 35.0 Å². The van der Waals surface area contributed by atoms with E-state index < -0.39 is 17.9 Å². The molecule has 7 heteroatoms. The fourth-order valence-corrected chi connectivity index (χ4v) is 2.75. The van der Waals surface area contributed by atoms with Gasteiger partial charge >= 0.3 is 0 Å². The molecular weight excluding hydrogens is 286 g/mol. The molecule has 0 amide bonds. The second-order valence-corrected chi connectivity index (χ2v) is 5.30. The standard InChI is InChI=1S/C15H15N3O4/c19-14(20)9-3-5-18(6-4-9)13-11-2-1-10(15(21)22)7-12(11)16-8-17-13/h1-2,7-9H,3-6H2,(H,19,20)(H,21,22)/p-2. The lowest BCUT2D eigenvalue weighted by molar-refractivity contribution is -0.312. The number of nitrogens with zero attached hydrogens (tertiary/aromatic N) is 3. The Bertz CT molecular complexity index is 739. The minimum absolute atomic E-state index is 0.0628. The van der Waals surface area contributed by atoms with Crippen LogP contribution in [-0.2, 0) is 4.79 Å². The van der Waals surface area contributed by atoms with Gasteiger partial charge in [0.15, 0.2) is 0 Å². The Hall–Kier alpha value is -2.70. The van der Waals surface area contributed by atoms with Crippen LogP contribution in [0.2, 0.25) is 0 Å². The molecule has 0 spiro atoms. The normalized spacial score (nSPS) is 15.9. The number of carboxylic acid groups (broad SMARTS) is 2. The van der Waals surface area contributed by atoms with Crippen LogP contribution in [0.1, 0.15) is 23.2 Å². The van der Waals surface area contributed by atoms with Gasteiger partial charge in [-0.1, -0.05) is 6.07 Å². The quantitative estimate of drug-likeness (QED) is 0.712. The molecule has 0 N–H and O–H groups in total. The van der Waals surface area contributed by atoms with Gasteiger partial charge in [0.05, 0.1) is 11.5 Å². The third-order valence-corrected chi connectivity index (χ3v) is 3.98. The van der Waals surface area contributed by atoms with Gasteiger partial charge in [-0.2, -0.15) is 0 Å². The van der Waals surface area contributed by atoms with E-state index >= 15 is 0 Å². The van der Waals surface area contributed by atoms with Crippen molar-refractivity contribution in [2.75, 3.05) is 18.0 Å². The van der Waals surface area contributed by atoms with Crippen LogP contribution in [0.5, 0.6) is 0 Å². The number of hydrogen-bond donors (Lipinski definition) is 0. The van der Waals surface area contributed by atoms with E-state index in [1.807, 2.05) is 4.90 Å². The van der Waals surface area contributed by atoms with Crippen LogP contribution < -0.4 is 15.1 Å². The van der Waals surface area contributed by atoms with Crippen LogP contribution in [0.4, 0.5) is 5.82 Å². The molecule has 2 aromatic rings. The zero-order chi connectivity index (χ0) is 15.7. The molecule has 0 saturated carbocycles. The van der Waals surface area contributed by atoms with E-state index in [1.54, 1.807) is 6.07 Å². The summed E-state index contributed by atoms with van der Waals surface area (Å²) in [5.74, 6) is -2.00. The molecular formula is C15H13N3O4-2. The topological polar surface area (TPSA) is 109 Å². The number of carboxylic acids is 2. The van der Waals surface area contributed by atoms with Crippen LogP contribution in [0.15, 0.2) is 24.5 Å². The zero-order valence-corrected chi connectivity index (χ0v) is 11.7. The molecule has 2 heterocycles. The van der Waals surface area contributed by atoms with E-state index in [2.05, 4.69) is 9.97 Å². The first-order chi connectivity index (χ1) is 10.6. The van der Waals surface area contributed by atoms with Gasteiger partial charge in [0.2, 0.25) is 0 Å². The number of carbonyl (C=O) groups excluding carboxylic acids is 2. The first-order valence-corrected chi connectivity index (χ1v) is 6.98. The number of carbonyl (C=O) groups is 2. The molecule has 3 rings (SSSR count). The number of aliphatic carboxylic acids is 1. The monoisotopic (exact) mass is 299 g/mol. The van der Waals surface area contributed by atoms with Crippen molar-refractivity contribution in [1.82, 2.24) is 9.97 Å². The average molecular weight is 299 g/mol. The fourth-order valence-electron chi connectivity index (χ4n) is 2.75. The maximum Gasteiger partial charge on any atom is 0.139 e. The highest BCUT2D eigenvalue weighted by molar-refractivity contribution is 5.95. The Kier molecular flexibility index (Phi) is 3.62. The summed E-state index contributed by atoms with van der Waals surface area (Å²) in [5, 5.41) is 22.5. The van der Waals surface area contributed by atoms with Gasteiger partial charge < -0.3 is 24.7 Å².